The van der Waals surface area contributed by atoms with Gasteiger partial charge in [0.05, 0.1) is 18.8 Å². The number of anilines is 1. The van der Waals surface area contributed by atoms with E-state index in [2.05, 4.69) is 5.32 Å². The lowest BCUT2D eigenvalue weighted by molar-refractivity contribution is -0.120. The van der Waals surface area contributed by atoms with Gasteiger partial charge in [-0.2, -0.15) is 0 Å². The number of nitrogens with one attached hydrogen (secondary N) is 1. The van der Waals surface area contributed by atoms with Gasteiger partial charge >= 0.3 is 0 Å². The molecule has 0 bridgehead atoms. The monoisotopic (exact) mass is 347 g/mol. The zero-order valence-electron chi connectivity index (χ0n) is 14.6. The van der Waals surface area contributed by atoms with Crippen molar-refractivity contribution in [3.05, 3.63) is 28.2 Å². The van der Waals surface area contributed by atoms with E-state index in [9.17, 15) is 14.4 Å². The molecule has 0 aromatic carbocycles. The molecule has 136 valence electrons. The molecule has 1 N–H and O–H groups in total. The molecule has 2 aliphatic rings. The number of hydrogen-bond donors (Lipinski definition) is 1. The summed E-state index contributed by atoms with van der Waals surface area (Å²) in [6, 6.07) is 1.50. The van der Waals surface area contributed by atoms with E-state index in [-0.39, 0.29) is 29.0 Å². The summed E-state index contributed by atoms with van der Waals surface area (Å²) in [6.07, 6.45) is 6.50. The van der Waals surface area contributed by atoms with Crippen molar-refractivity contribution in [2.75, 3.05) is 31.6 Å². The second-order valence-electron chi connectivity index (χ2n) is 6.79. The normalized spacial score (nSPS) is 18.8. The van der Waals surface area contributed by atoms with Crippen LogP contribution in [0.15, 0.2) is 17.1 Å². The lowest BCUT2D eigenvalue weighted by atomic mass is 9.88. The summed E-state index contributed by atoms with van der Waals surface area (Å²) >= 11 is 0. The van der Waals surface area contributed by atoms with Gasteiger partial charge in [0, 0.05) is 32.3 Å². The number of aromatic nitrogens is 1. The molecule has 1 aromatic rings. The minimum absolute atomic E-state index is 0.0444. The Morgan fingerprint density at radius 2 is 1.84 bits per heavy atom. The molecule has 2 heterocycles. The number of rotatable bonds is 3. The standard InChI is InChI=1S/C18H25N3O4/c1-20-12-14(17(23)21-7-9-25-10-8-21)11-15(18(20)24)19-16(22)13-5-3-2-4-6-13/h11-13H,2-10H2,1H3,(H,19,22). The maximum Gasteiger partial charge on any atom is 0.274 e. The van der Waals surface area contributed by atoms with Gasteiger partial charge in [-0.1, -0.05) is 19.3 Å². The third kappa shape index (κ3) is 4.10. The largest absolute Gasteiger partial charge is 0.378 e. The van der Waals surface area contributed by atoms with E-state index in [1.165, 1.54) is 16.8 Å². The second-order valence-corrected chi connectivity index (χ2v) is 6.79. The number of amides is 2. The third-order valence-corrected chi connectivity index (χ3v) is 4.96. The predicted octanol–water partition coefficient (Wildman–Crippen LogP) is 1.38. The van der Waals surface area contributed by atoms with Crippen LogP contribution in [0.2, 0.25) is 0 Å². The molecule has 0 atom stereocenters. The fraction of sp³-hybridized carbons (Fsp3) is 0.611. The Labute approximate surface area is 147 Å². The minimum atomic E-state index is -0.303. The highest BCUT2D eigenvalue weighted by molar-refractivity contribution is 5.97. The highest BCUT2D eigenvalue weighted by Gasteiger charge is 2.24. The Morgan fingerprint density at radius 3 is 2.52 bits per heavy atom. The predicted molar refractivity (Wildman–Crippen MR) is 93.6 cm³/mol. The summed E-state index contributed by atoms with van der Waals surface area (Å²) in [6.45, 7) is 2.10. The third-order valence-electron chi connectivity index (χ3n) is 4.96. The Hall–Kier alpha value is -2.15. The highest BCUT2D eigenvalue weighted by atomic mass is 16.5. The second kappa shape index (κ2) is 7.82. The molecule has 7 nitrogen and oxygen atoms in total. The van der Waals surface area contributed by atoms with E-state index in [0.29, 0.717) is 31.9 Å². The number of nitrogens with zero attached hydrogens (tertiary/aromatic N) is 2. The molecule has 3 rings (SSSR count). The summed E-state index contributed by atoms with van der Waals surface area (Å²) in [5.74, 6) is -0.308. The minimum Gasteiger partial charge on any atom is -0.378 e. The van der Waals surface area contributed by atoms with E-state index < -0.39 is 0 Å². The van der Waals surface area contributed by atoms with Crippen molar-refractivity contribution < 1.29 is 14.3 Å². The molecule has 1 saturated carbocycles. The van der Waals surface area contributed by atoms with Crippen molar-refractivity contribution >= 4 is 17.5 Å². The van der Waals surface area contributed by atoms with Gasteiger partial charge in [-0.3, -0.25) is 14.4 Å². The first-order valence-electron chi connectivity index (χ1n) is 8.95. The molecule has 0 unspecified atom stereocenters. The van der Waals surface area contributed by atoms with Crippen molar-refractivity contribution in [3.63, 3.8) is 0 Å². The molecule has 7 heteroatoms. The summed E-state index contributed by atoms with van der Waals surface area (Å²) in [5, 5.41) is 2.75. The topological polar surface area (TPSA) is 80.6 Å². The Balaban J connectivity index is 1.79. The number of morpholine rings is 1. The molecular weight excluding hydrogens is 322 g/mol. The van der Waals surface area contributed by atoms with Crippen LogP contribution in [0.25, 0.3) is 0 Å². The number of hydrogen-bond acceptors (Lipinski definition) is 4. The molecular formula is C18H25N3O4. The summed E-state index contributed by atoms with van der Waals surface area (Å²) < 4.78 is 6.62. The molecule has 2 fully saturated rings. The van der Waals surface area contributed by atoms with E-state index in [4.69, 9.17) is 4.74 Å². The Kier molecular flexibility index (Phi) is 5.53. The van der Waals surface area contributed by atoms with Crippen molar-refractivity contribution in [2.24, 2.45) is 13.0 Å². The number of aryl methyl sites for hydroxylation is 1. The molecule has 0 spiro atoms. The van der Waals surface area contributed by atoms with Gasteiger partial charge in [0.25, 0.3) is 11.5 Å². The summed E-state index contributed by atoms with van der Waals surface area (Å²) in [4.78, 5) is 39.1. The zero-order valence-corrected chi connectivity index (χ0v) is 14.6. The van der Waals surface area contributed by atoms with Crippen LogP contribution >= 0.6 is 0 Å². The number of carbonyl (C=O) groups is 2. The Bertz CT molecular complexity index is 701. The van der Waals surface area contributed by atoms with Crippen LogP contribution in [-0.2, 0) is 16.6 Å². The van der Waals surface area contributed by atoms with Gasteiger partial charge < -0.3 is 19.5 Å². The fourth-order valence-corrected chi connectivity index (χ4v) is 3.47. The average Bonchev–Trinajstić information content (AvgIpc) is 2.66. The van der Waals surface area contributed by atoms with Crippen LogP contribution in [0, 0.1) is 5.92 Å². The summed E-state index contributed by atoms with van der Waals surface area (Å²) in [7, 11) is 1.59. The quantitative estimate of drug-likeness (QED) is 0.896. The lowest BCUT2D eigenvalue weighted by Gasteiger charge is -2.27. The van der Waals surface area contributed by atoms with Crippen molar-refractivity contribution in [3.8, 4) is 0 Å². The molecule has 2 amide bonds. The molecule has 0 radical (unpaired) electrons. The van der Waals surface area contributed by atoms with Crippen LogP contribution in [0.3, 0.4) is 0 Å². The summed E-state index contributed by atoms with van der Waals surface area (Å²) in [5.41, 5.74) is 0.280. The van der Waals surface area contributed by atoms with Gasteiger partial charge in [0.1, 0.15) is 5.69 Å². The van der Waals surface area contributed by atoms with Gasteiger partial charge in [0.15, 0.2) is 0 Å². The smallest absolute Gasteiger partial charge is 0.274 e. The van der Waals surface area contributed by atoms with Crippen molar-refractivity contribution in [1.82, 2.24) is 9.47 Å². The van der Waals surface area contributed by atoms with Crippen molar-refractivity contribution in [2.45, 2.75) is 32.1 Å². The molecule has 1 saturated heterocycles. The first-order valence-corrected chi connectivity index (χ1v) is 8.95. The molecule has 1 aromatic heterocycles. The van der Waals surface area contributed by atoms with Crippen LogP contribution in [0.4, 0.5) is 5.69 Å². The van der Waals surface area contributed by atoms with E-state index >= 15 is 0 Å². The van der Waals surface area contributed by atoms with Crippen molar-refractivity contribution in [1.29, 1.82) is 0 Å². The maximum absolute atomic E-state index is 12.6. The molecule has 25 heavy (non-hydrogen) atoms. The number of pyridine rings is 1. The van der Waals surface area contributed by atoms with E-state index in [1.54, 1.807) is 11.9 Å². The fourth-order valence-electron chi connectivity index (χ4n) is 3.47. The first-order chi connectivity index (χ1) is 12.1. The van der Waals surface area contributed by atoms with Crippen LogP contribution < -0.4 is 10.9 Å². The maximum atomic E-state index is 12.6. The molecule has 1 aliphatic carbocycles. The molecule has 1 aliphatic heterocycles. The van der Waals surface area contributed by atoms with Gasteiger partial charge in [-0.15, -0.1) is 0 Å². The van der Waals surface area contributed by atoms with Crippen LogP contribution in [-0.4, -0.2) is 47.6 Å². The van der Waals surface area contributed by atoms with Gasteiger partial charge in [-0.05, 0) is 18.9 Å². The average molecular weight is 347 g/mol. The Morgan fingerprint density at radius 1 is 1.16 bits per heavy atom. The van der Waals surface area contributed by atoms with E-state index in [0.717, 1.165) is 32.1 Å². The van der Waals surface area contributed by atoms with E-state index in [1.807, 2.05) is 0 Å². The van der Waals surface area contributed by atoms with Gasteiger partial charge in [-0.25, -0.2) is 0 Å². The zero-order chi connectivity index (χ0) is 17.8. The van der Waals surface area contributed by atoms with Crippen LogP contribution in [0.5, 0.6) is 0 Å². The SMILES string of the molecule is Cn1cc(C(=O)N2CCOCC2)cc(NC(=O)C2CCCCC2)c1=O. The first kappa shape index (κ1) is 17.7. The lowest BCUT2D eigenvalue weighted by Crippen LogP contribution is -2.41. The van der Waals surface area contributed by atoms with Gasteiger partial charge in [0.2, 0.25) is 5.91 Å². The highest BCUT2D eigenvalue weighted by Crippen LogP contribution is 2.24. The number of ether oxygens (including phenoxy) is 1. The van der Waals surface area contributed by atoms with Crippen LogP contribution in [0.1, 0.15) is 42.5 Å². The number of carbonyl (C=O) groups excluding carboxylic acids is 2.